The molecule has 0 spiro atoms. The fourth-order valence-corrected chi connectivity index (χ4v) is 7.18. The van der Waals surface area contributed by atoms with Crippen molar-refractivity contribution in [3.8, 4) is 5.75 Å². The maximum atomic E-state index is 12.9. The van der Waals surface area contributed by atoms with Gasteiger partial charge in [-0.2, -0.15) is 0 Å². The number of carbonyl (C=O) groups is 1. The van der Waals surface area contributed by atoms with Gasteiger partial charge in [0.2, 0.25) is 0 Å². The summed E-state index contributed by atoms with van der Waals surface area (Å²) in [4.78, 5) is 12.9. The van der Waals surface area contributed by atoms with Crippen LogP contribution in [0.25, 0.3) is 5.57 Å². The van der Waals surface area contributed by atoms with E-state index in [9.17, 15) is 4.79 Å². The summed E-state index contributed by atoms with van der Waals surface area (Å²) in [5.74, 6) is 0.813. The quantitative estimate of drug-likeness (QED) is 0.130. The summed E-state index contributed by atoms with van der Waals surface area (Å²) in [6.45, 7) is 13.4. The summed E-state index contributed by atoms with van der Waals surface area (Å²) in [5, 5.41) is 0. The van der Waals surface area contributed by atoms with E-state index in [2.05, 4.69) is 101 Å². The Morgan fingerprint density at radius 2 is 1.83 bits per heavy atom. The highest BCUT2D eigenvalue weighted by Gasteiger charge is 2.52. The van der Waals surface area contributed by atoms with Crippen molar-refractivity contribution in [3.63, 3.8) is 0 Å². The largest absolute Gasteiger partial charge is 0.427 e. The van der Waals surface area contributed by atoms with Gasteiger partial charge in [0.25, 0.3) is 0 Å². The molecule has 0 aliphatic heterocycles. The van der Waals surface area contributed by atoms with E-state index in [0.29, 0.717) is 18.1 Å². The van der Waals surface area contributed by atoms with Crippen molar-refractivity contribution in [1.82, 2.24) is 0 Å². The number of allylic oxidation sites excluding steroid dienone is 11. The van der Waals surface area contributed by atoms with E-state index in [0.717, 1.165) is 44.9 Å². The van der Waals surface area contributed by atoms with Gasteiger partial charge >= 0.3 is 5.97 Å². The zero-order valence-electron chi connectivity index (χ0n) is 26.1. The second kappa shape index (κ2) is 14.5. The molecule has 0 heterocycles. The molecule has 0 fully saturated rings. The van der Waals surface area contributed by atoms with Crippen LogP contribution in [-0.2, 0) is 10.2 Å². The minimum atomic E-state index is -0.160. The highest BCUT2D eigenvalue weighted by Crippen LogP contribution is 2.60. The lowest BCUT2D eigenvalue weighted by Gasteiger charge is -2.49. The highest BCUT2D eigenvalue weighted by atomic mass is 16.5. The van der Waals surface area contributed by atoms with Gasteiger partial charge in [0.05, 0.1) is 0 Å². The Morgan fingerprint density at radius 3 is 2.57 bits per heavy atom. The van der Waals surface area contributed by atoms with Gasteiger partial charge in [0, 0.05) is 11.8 Å². The molecule has 0 saturated carbocycles. The van der Waals surface area contributed by atoms with Crippen LogP contribution in [0.4, 0.5) is 0 Å². The third kappa shape index (κ3) is 6.70. The summed E-state index contributed by atoms with van der Waals surface area (Å²) < 4.78 is 5.68. The van der Waals surface area contributed by atoms with Crippen LogP contribution in [0.3, 0.4) is 0 Å². The molecule has 2 aromatic carbocycles. The van der Waals surface area contributed by atoms with Gasteiger partial charge in [0.15, 0.2) is 0 Å². The Bertz CT molecular complexity index is 1390. The molecule has 2 aliphatic carbocycles. The van der Waals surface area contributed by atoms with Crippen LogP contribution in [0.5, 0.6) is 5.75 Å². The molecule has 2 heteroatoms. The highest BCUT2D eigenvalue weighted by molar-refractivity contribution is 5.87. The third-order valence-electron chi connectivity index (χ3n) is 9.81. The van der Waals surface area contributed by atoms with E-state index in [1.807, 2.05) is 36.4 Å². The van der Waals surface area contributed by atoms with E-state index in [4.69, 9.17) is 4.74 Å². The van der Waals surface area contributed by atoms with Gasteiger partial charge in [-0.3, -0.25) is 4.79 Å². The van der Waals surface area contributed by atoms with Gasteiger partial charge in [-0.15, -0.1) is 0 Å². The second-order valence-electron chi connectivity index (χ2n) is 12.1. The fraction of sp³-hybridized carbons (Fsp3) is 0.375. The number of hydrogen-bond donors (Lipinski definition) is 0. The summed E-state index contributed by atoms with van der Waals surface area (Å²) in [7, 11) is 0. The van der Waals surface area contributed by atoms with Crippen LogP contribution < -0.4 is 4.74 Å². The van der Waals surface area contributed by atoms with Crippen LogP contribution in [0.1, 0.15) is 90.2 Å². The van der Waals surface area contributed by atoms with Crippen molar-refractivity contribution in [1.29, 1.82) is 0 Å². The van der Waals surface area contributed by atoms with E-state index >= 15 is 0 Å². The first-order valence-electron chi connectivity index (χ1n) is 15.8. The second-order valence-corrected chi connectivity index (χ2v) is 12.1. The molecule has 0 radical (unpaired) electrons. The van der Waals surface area contributed by atoms with E-state index in [-0.39, 0.29) is 16.8 Å². The summed E-state index contributed by atoms with van der Waals surface area (Å²) in [6, 6.07) is 18.4. The molecule has 42 heavy (non-hydrogen) atoms. The van der Waals surface area contributed by atoms with E-state index < -0.39 is 0 Å². The molecule has 220 valence electrons. The number of hydrogen-bond acceptors (Lipinski definition) is 2. The molecule has 0 N–H and O–H groups in total. The SMILES string of the molecule is C=C/C=C\C(=C/CC)CCC(C)(CC)C(C)C1(CCCC(=O)Oc2ccccc2)C2=C(C=CC=CC2)c2ccccc21. The zero-order valence-corrected chi connectivity index (χ0v) is 26.1. The Labute approximate surface area is 254 Å². The van der Waals surface area contributed by atoms with Crippen molar-refractivity contribution in [2.45, 2.75) is 84.5 Å². The van der Waals surface area contributed by atoms with Gasteiger partial charge in [-0.25, -0.2) is 0 Å². The maximum absolute atomic E-state index is 12.9. The first-order chi connectivity index (χ1) is 20.4. The van der Waals surface area contributed by atoms with Crippen molar-refractivity contribution >= 4 is 11.5 Å². The Kier molecular flexibility index (Phi) is 10.8. The number of esters is 1. The van der Waals surface area contributed by atoms with Crippen molar-refractivity contribution in [3.05, 3.63) is 132 Å². The van der Waals surface area contributed by atoms with Crippen LogP contribution in [0, 0.1) is 11.3 Å². The molecule has 0 bridgehead atoms. The topological polar surface area (TPSA) is 26.3 Å². The lowest BCUT2D eigenvalue weighted by atomic mass is 9.54. The molecule has 2 aromatic rings. The lowest BCUT2D eigenvalue weighted by molar-refractivity contribution is -0.134. The number of para-hydroxylation sites is 1. The molecule has 4 rings (SSSR count). The number of rotatable bonds is 14. The van der Waals surface area contributed by atoms with Crippen LogP contribution in [0.15, 0.2) is 121 Å². The lowest BCUT2D eigenvalue weighted by Crippen LogP contribution is -2.43. The standard InChI is InChI=1S/C40H48O2/c1-6-9-20-32(19-7-2)28-30-39(5,8-3)31(4)40(29-18-27-38(41)42-33-21-12-10-13-22-33)36-25-15-11-14-23-34(36)35-24-16-17-26-37(35)40/h6,9-17,19-24,26,31H,1,7-8,18,25,27-30H2,2-5H3/b20-9-,32-19+. The fourth-order valence-electron chi connectivity index (χ4n) is 7.18. The minimum Gasteiger partial charge on any atom is -0.427 e. The number of ether oxygens (including phenoxy) is 1. The molecule has 3 atom stereocenters. The molecule has 3 unspecified atom stereocenters. The zero-order chi connectivity index (χ0) is 30.0. The van der Waals surface area contributed by atoms with Crippen molar-refractivity contribution < 1.29 is 9.53 Å². The molecule has 0 saturated heterocycles. The Morgan fingerprint density at radius 1 is 1.07 bits per heavy atom. The Hall–Kier alpha value is -3.65. The minimum absolute atomic E-state index is 0.0920. The van der Waals surface area contributed by atoms with E-state index in [1.165, 1.54) is 27.8 Å². The third-order valence-corrected chi connectivity index (χ3v) is 9.81. The number of carbonyl (C=O) groups excluding carboxylic acids is 1. The molecular formula is C40H48O2. The first kappa shape index (κ1) is 31.3. The molecular weight excluding hydrogens is 512 g/mol. The first-order valence-corrected chi connectivity index (χ1v) is 15.8. The van der Waals surface area contributed by atoms with Crippen LogP contribution in [-0.4, -0.2) is 5.97 Å². The Balaban J connectivity index is 1.70. The van der Waals surface area contributed by atoms with Gasteiger partial charge in [0.1, 0.15) is 5.75 Å². The number of benzene rings is 2. The van der Waals surface area contributed by atoms with E-state index in [1.54, 1.807) is 0 Å². The molecule has 2 aliphatic rings. The average Bonchev–Trinajstić information content (AvgIpc) is 3.12. The number of fused-ring (bicyclic) bond motifs is 2. The smallest absolute Gasteiger partial charge is 0.311 e. The molecule has 2 nitrogen and oxygen atoms in total. The van der Waals surface area contributed by atoms with Gasteiger partial charge < -0.3 is 4.74 Å². The average molecular weight is 561 g/mol. The van der Waals surface area contributed by atoms with Gasteiger partial charge in [-0.05, 0) is 84.3 Å². The van der Waals surface area contributed by atoms with Crippen LogP contribution in [0.2, 0.25) is 0 Å². The monoisotopic (exact) mass is 560 g/mol. The predicted octanol–water partition coefficient (Wildman–Crippen LogP) is 10.9. The summed E-state index contributed by atoms with van der Waals surface area (Å²) in [6.07, 6.45) is 24.7. The summed E-state index contributed by atoms with van der Waals surface area (Å²) in [5.41, 5.74) is 6.97. The van der Waals surface area contributed by atoms with Crippen LogP contribution >= 0.6 is 0 Å². The predicted molar refractivity (Wildman–Crippen MR) is 178 cm³/mol. The van der Waals surface area contributed by atoms with Gasteiger partial charge in [-0.1, -0.05) is 137 Å². The maximum Gasteiger partial charge on any atom is 0.311 e. The molecule has 0 amide bonds. The van der Waals surface area contributed by atoms with Crippen molar-refractivity contribution in [2.75, 3.05) is 0 Å². The molecule has 0 aromatic heterocycles. The van der Waals surface area contributed by atoms with Crippen molar-refractivity contribution in [2.24, 2.45) is 11.3 Å². The summed E-state index contributed by atoms with van der Waals surface area (Å²) >= 11 is 0. The normalized spacial score (nSPS) is 20.1.